The van der Waals surface area contributed by atoms with E-state index in [1.54, 1.807) is 6.08 Å². The molecule has 80 valence electrons. The molecule has 0 radical (unpaired) electrons. The normalized spacial score (nSPS) is 12.1. The van der Waals surface area contributed by atoms with Crippen molar-refractivity contribution in [1.29, 1.82) is 0 Å². The highest BCUT2D eigenvalue weighted by atomic mass is 32.2. The smallest absolute Gasteiger partial charge is 0.200 e. The van der Waals surface area contributed by atoms with Gasteiger partial charge < -0.3 is 0 Å². The van der Waals surface area contributed by atoms with Crippen molar-refractivity contribution in [2.75, 3.05) is 0 Å². The number of thioether (sulfide) groups is 1. The molecule has 0 heterocycles. The fourth-order valence-electron chi connectivity index (χ4n) is 1.32. The van der Waals surface area contributed by atoms with Gasteiger partial charge in [-0.05, 0) is 18.6 Å². The van der Waals surface area contributed by atoms with Crippen LogP contribution in [0.4, 0.5) is 0 Å². The van der Waals surface area contributed by atoms with Crippen LogP contribution >= 0.6 is 11.8 Å². The molecule has 0 aliphatic heterocycles. The lowest BCUT2D eigenvalue weighted by molar-refractivity contribution is -0.113. The largest absolute Gasteiger partial charge is 0.286 e. The fraction of sp³-hybridized carbons (Fsp3) is 0.308. The van der Waals surface area contributed by atoms with E-state index in [0.717, 1.165) is 17.7 Å². The Hall–Kier alpha value is -1.02. The molecule has 0 spiro atoms. The van der Waals surface area contributed by atoms with E-state index < -0.39 is 0 Å². The lowest BCUT2D eigenvalue weighted by Gasteiger charge is -2.08. The van der Waals surface area contributed by atoms with E-state index in [1.165, 1.54) is 11.8 Å². The molecule has 0 saturated heterocycles. The van der Waals surface area contributed by atoms with Crippen LogP contribution in [0.3, 0.4) is 0 Å². The highest BCUT2D eigenvalue weighted by molar-refractivity contribution is 8.13. The van der Waals surface area contributed by atoms with Crippen LogP contribution in [0.5, 0.6) is 0 Å². The van der Waals surface area contributed by atoms with Gasteiger partial charge in [0.15, 0.2) is 0 Å². The first-order valence-corrected chi connectivity index (χ1v) is 5.99. The van der Waals surface area contributed by atoms with Gasteiger partial charge in [-0.2, -0.15) is 0 Å². The van der Waals surface area contributed by atoms with Gasteiger partial charge in [0.1, 0.15) is 0 Å². The van der Waals surface area contributed by atoms with Crippen LogP contribution in [0.2, 0.25) is 0 Å². The Kier molecular flexibility index (Phi) is 5.19. The van der Waals surface area contributed by atoms with Gasteiger partial charge in [0.2, 0.25) is 5.12 Å². The number of carbonyl (C=O) groups excluding carboxylic acids is 1. The standard InChI is InChI=1S/C13H16OS/c1-3-8-11(4-2)13(14)15-12-9-6-5-7-10-12/h4-7,9-11H,2-3,8H2,1H3. The van der Waals surface area contributed by atoms with Crippen molar-refractivity contribution >= 4 is 16.9 Å². The highest BCUT2D eigenvalue weighted by Gasteiger charge is 2.14. The zero-order chi connectivity index (χ0) is 11.1. The van der Waals surface area contributed by atoms with Crippen LogP contribution in [0.25, 0.3) is 0 Å². The molecule has 0 saturated carbocycles. The second kappa shape index (κ2) is 6.46. The Balaban J connectivity index is 2.58. The minimum atomic E-state index is -0.0137. The number of hydrogen-bond donors (Lipinski definition) is 0. The minimum Gasteiger partial charge on any atom is -0.286 e. The summed E-state index contributed by atoms with van der Waals surface area (Å²) in [6, 6.07) is 9.74. The average molecular weight is 220 g/mol. The SMILES string of the molecule is C=CC(CCC)C(=O)Sc1ccccc1. The van der Waals surface area contributed by atoms with Crippen LogP contribution in [-0.2, 0) is 4.79 Å². The number of allylic oxidation sites excluding steroid dienone is 1. The van der Waals surface area contributed by atoms with Crippen molar-refractivity contribution in [2.24, 2.45) is 5.92 Å². The third kappa shape index (κ3) is 3.92. The topological polar surface area (TPSA) is 17.1 Å². The van der Waals surface area contributed by atoms with Crippen LogP contribution in [0.15, 0.2) is 47.9 Å². The van der Waals surface area contributed by atoms with Crippen LogP contribution < -0.4 is 0 Å². The average Bonchev–Trinajstić information content (AvgIpc) is 2.27. The molecule has 1 nitrogen and oxygen atoms in total. The predicted molar refractivity (Wildman–Crippen MR) is 65.9 cm³/mol. The van der Waals surface area contributed by atoms with Gasteiger partial charge in [-0.1, -0.05) is 49.4 Å². The number of rotatable bonds is 5. The van der Waals surface area contributed by atoms with E-state index in [0.29, 0.717) is 0 Å². The summed E-state index contributed by atoms with van der Waals surface area (Å²) in [6.45, 7) is 5.79. The Morgan fingerprint density at radius 2 is 2.13 bits per heavy atom. The molecular weight excluding hydrogens is 204 g/mol. The highest BCUT2D eigenvalue weighted by Crippen LogP contribution is 2.24. The van der Waals surface area contributed by atoms with Gasteiger partial charge in [-0.3, -0.25) is 4.79 Å². The zero-order valence-electron chi connectivity index (χ0n) is 8.98. The first-order valence-electron chi connectivity index (χ1n) is 5.17. The molecule has 15 heavy (non-hydrogen) atoms. The lowest BCUT2D eigenvalue weighted by Crippen LogP contribution is -2.07. The van der Waals surface area contributed by atoms with E-state index in [-0.39, 0.29) is 11.0 Å². The van der Waals surface area contributed by atoms with Gasteiger partial charge in [0.05, 0.1) is 0 Å². The summed E-state index contributed by atoms with van der Waals surface area (Å²) in [6.07, 6.45) is 3.65. The van der Waals surface area contributed by atoms with E-state index in [2.05, 4.69) is 13.5 Å². The van der Waals surface area contributed by atoms with E-state index in [9.17, 15) is 4.79 Å². The molecule has 2 heteroatoms. The molecule has 0 bridgehead atoms. The molecule has 0 N–H and O–H groups in total. The van der Waals surface area contributed by atoms with Crippen molar-refractivity contribution in [3.63, 3.8) is 0 Å². The molecule has 1 atom stereocenters. The summed E-state index contributed by atoms with van der Waals surface area (Å²) in [7, 11) is 0. The quantitative estimate of drug-likeness (QED) is 0.553. The molecule has 0 aliphatic rings. The summed E-state index contributed by atoms with van der Waals surface area (Å²) >= 11 is 1.31. The maximum Gasteiger partial charge on any atom is 0.200 e. The second-order valence-electron chi connectivity index (χ2n) is 3.37. The first-order chi connectivity index (χ1) is 7.27. The maximum absolute atomic E-state index is 11.8. The van der Waals surface area contributed by atoms with E-state index >= 15 is 0 Å². The summed E-state index contributed by atoms with van der Waals surface area (Å²) in [4.78, 5) is 12.8. The van der Waals surface area contributed by atoms with Crippen molar-refractivity contribution in [1.82, 2.24) is 0 Å². The predicted octanol–water partition coefficient (Wildman–Crippen LogP) is 3.91. The second-order valence-corrected chi connectivity index (χ2v) is 4.44. The molecule has 1 aromatic rings. The summed E-state index contributed by atoms with van der Waals surface area (Å²) in [5.74, 6) is -0.0137. The number of hydrogen-bond acceptors (Lipinski definition) is 2. The van der Waals surface area contributed by atoms with Crippen LogP contribution in [-0.4, -0.2) is 5.12 Å². The van der Waals surface area contributed by atoms with Gasteiger partial charge in [-0.15, -0.1) is 6.58 Å². The summed E-state index contributed by atoms with van der Waals surface area (Å²) in [5.41, 5.74) is 0. The maximum atomic E-state index is 11.8. The molecule has 0 aliphatic carbocycles. The van der Waals surface area contributed by atoms with E-state index in [4.69, 9.17) is 0 Å². The van der Waals surface area contributed by atoms with Crippen LogP contribution in [0.1, 0.15) is 19.8 Å². The van der Waals surface area contributed by atoms with Crippen LogP contribution in [0, 0.1) is 5.92 Å². The van der Waals surface area contributed by atoms with Gasteiger partial charge in [0.25, 0.3) is 0 Å². The number of benzene rings is 1. The molecule has 1 aromatic carbocycles. The third-order valence-electron chi connectivity index (χ3n) is 2.15. The van der Waals surface area contributed by atoms with Crippen molar-refractivity contribution in [2.45, 2.75) is 24.7 Å². The Labute approximate surface area is 95.6 Å². The minimum absolute atomic E-state index is 0.0137. The molecule has 1 unspecified atom stereocenters. The number of carbonyl (C=O) groups is 1. The van der Waals surface area contributed by atoms with Crippen molar-refractivity contribution in [3.05, 3.63) is 43.0 Å². The van der Waals surface area contributed by atoms with Gasteiger partial charge >= 0.3 is 0 Å². The lowest BCUT2D eigenvalue weighted by atomic mass is 10.1. The fourth-order valence-corrected chi connectivity index (χ4v) is 2.21. The molecule has 0 amide bonds. The summed E-state index contributed by atoms with van der Waals surface area (Å²) < 4.78 is 0. The molecule has 0 aromatic heterocycles. The van der Waals surface area contributed by atoms with Gasteiger partial charge in [0, 0.05) is 10.8 Å². The third-order valence-corrected chi connectivity index (χ3v) is 3.16. The Bertz CT molecular complexity index is 319. The Morgan fingerprint density at radius 1 is 1.47 bits per heavy atom. The monoisotopic (exact) mass is 220 g/mol. The molecule has 1 rings (SSSR count). The Morgan fingerprint density at radius 3 is 2.67 bits per heavy atom. The van der Waals surface area contributed by atoms with E-state index in [1.807, 2.05) is 30.3 Å². The first kappa shape index (κ1) is 12.1. The van der Waals surface area contributed by atoms with Crippen molar-refractivity contribution < 1.29 is 4.79 Å². The van der Waals surface area contributed by atoms with Gasteiger partial charge in [-0.25, -0.2) is 0 Å². The zero-order valence-corrected chi connectivity index (χ0v) is 9.80. The summed E-state index contributed by atoms with van der Waals surface area (Å²) in [5, 5.41) is 0.193. The molecule has 0 fully saturated rings. The van der Waals surface area contributed by atoms with Crippen molar-refractivity contribution in [3.8, 4) is 0 Å². The molecular formula is C13H16OS.